The highest BCUT2D eigenvalue weighted by molar-refractivity contribution is 6.32. The number of hydrogen-bond donors (Lipinski definition) is 0. The van der Waals surface area contributed by atoms with Gasteiger partial charge >= 0.3 is 0 Å². The molecule has 0 aliphatic heterocycles. The largest absolute Gasteiger partial charge is 0.204 e. The van der Waals surface area contributed by atoms with E-state index < -0.39 is 17.5 Å². The van der Waals surface area contributed by atoms with E-state index in [4.69, 9.17) is 11.6 Å². The van der Waals surface area contributed by atoms with Crippen LogP contribution in [0.2, 0.25) is 5.02 Å². The van der Waals surface area contributed by atoms with Gasteiger partial charge in [-0.1, -0.05) is 55.0 Å². The molecule has 4 heteroatoms. The van der Waals surface area contributed by atoms with Gasteiger partial charge in [-0.05, 0) is 47.0 Å². The van der Waals surface area contributed by atoms with Crippen molar-refractivity contribution in [3.8, 4) is 11.8 Å². The van der Waals surface area contributed by atoms with Crippen LogP contribution >= 0.6 is 11.6 Å². The topological polar surface area (TPSA) is 0 Å². The maximum atomic E-state index is 13.2. The van der Waals surface area contributed by atoms with Gasteiger partial charge in [0.2, 0.25) is 0 Å². The van der Waals surface area contributed by atoms with Gasteiger partial charge < -0.3 is 0 Å². The first-order valence-corrected chi connectivity index (χ1v) is 8.24. The molecule has 3 rings (SSSR count). The zero-order valence-corrected chi connectivity index (χ0v) is 14.2. The smallest absolute Gasteiger partial charge is 0.194 e. The Hall–Kier alpha value is -2.44. The van der Waals surface area contributed by atoms with Crippen molar-refractivity contribution in [3.63, 3.8) is 0 Å². The second kappa shape index (κ2) is 7.21. The summed E-state index contributed by atoms with van der Waals surface area (Å²) >= 11 is 6.28. The first-order valence-electron chi connectivity index (χ1n) is 7.86. The van der Waals surface area contributed by atoms with Crippen LogP contribution in [-0.2, 0) is 6.42 Å². The maximum Gasteiger partial charge on any atom is 0.194 e. The molecule has 0 nitrogen and oxygen atoms in total. The Bertz CT molecular complexity index is 990. The van der Waals surface area contributed by atoms with Crippen LogP contribution in [0.3, 0.4) is 0 Å². The van der Waals surface area contributed by atoms with Gasteiger partial charge in [0.25, 0.3) is 0 Å². The summed E-state index contributed by atoms with van der Waals surface area (Å²) in [6.07, 6.45) is 2.06. The summed E-state index contributed by atoms with van der Waals surface area (Å²) < 4.78 is 39.5. The van der Waals surface area contributed by atoms with E-state index in [1.165, 1.54) is 5.56 Å². The fourth-order valence-corrected chi connectivity index (χ4v) is 2.85. The third kappa shape index (κ3) is 3.81. The molecule has 0 radical (unpaired) electrons. The lowest BCUT2D eigenvalue weighted by molar-refractivity contribution is 0.446. The van der Waals surface area contributed by atoms with E-state index in [1.54, 1.807) is 0 Å². The molecular weight excluding hydrogens is 345 g/mol. The van der Waals surface area contributed by atoms with Gasteiger partial charge in [-0.15, -0.1) is 0 Å². The molecule has 0 heterocycles. The highest BCUT2D eigenvalue weighted by Gasteiger charge is 2.09. The summed E-state index contributed by atoms with van der Waals surface area (Å²) in [4.78, 5) is 0. The normalized spacial score (nSPS) is 10.6. The van der Waals surface area contributed by atoms with Crippen molar-refractivity contribution in [2.45, 2.75) is 19.8 Å². The highest BCUT2D eigenvalue weighted by atomic mass is 35.5. The highest BCUT2D eigenvalue weighted by Crippen LogP contribution is 2.25. The van der Waals surface area contributed by atoms with Crippen molar-refractivity contribution in [2.75, 3.05) is 0 Å². The van der Waals surface area contributed by atoms with Gasteiger partial charge in [0.05, 0.1) is 5.02 Å². The minimum atomic E-state index is -1.50. The van der Waals surface area contributed by atoms with Crippen LogP contribution in [0.15, 0.2) is 42.5 Å². The third-order valence-corrected chi connectivity index (χ3v) is 4.17. The lowest BCUT2D eigenvalue weighted by Crippen LogP contribution is -1.91. The molecule has 0 aliphatic carbocycles. The van der Waals surface area contributed by atoms with Crippen molar-refractivity contribution >= 4 is 22.4 Å². The van der Waals surface area contributed by atoms with E-state index in [1.807, 2.05) is 18.2 Å². The summed E-state index contributed by atoms with van der Waals surface area (Å²) in [5, 5.41) is 2.45. The lowest BCUT2D eigenvalue weighted by Gasteiger charge is -2.05. The maximum absolute atomic E-state index is 13.2. The van der Waals surface area contributed by atoms with E-state index in [0.29, 0.717) is 10.6 Å². The zero-order valence-electron chi connectivity index (χ0n) is 13.5. The SMILES string of the molecule is CCCc1ccc2cc(C#Cc3cc(F)c(F)c(F)c3)c(Cl)cc2c1. The number of hydrogen-bond acceptors (Lipinski definition) is 0. The molecule has 0 fully saturated rings. The van der Waals surface area contributed by atoms with Crippen molar-refractivity contribution in [1.82, 2.24) is 0 Å². The fourth-order valence-electron chi connectivity index (χ4n) is 2.63. The van der Waals surface area contributed by atoms with E-state index in [-0.39, 0.29) is 5.56 Å². The molecule has 0 atom stereocenters. The first kappa shape index (κ1) is 17.4. The van der Waals surface area contributed by atoms with Crippen LogP contribution in [0.4, 0.5) is 13.2 Å². The minimum absolute atomic E-state index is 0.0471. The Morgan fingerprint density at radius 1 is 0.880 bits per heavy atom. The van der Waals surface area contributed by atoms with Crippen molar-refractivity contribution in [2.24, 2.45) is 0 Å². The Morgan fingerprint density at radius 2 is 1.60 bits per heavy atom. The van der Waals surface area contributed by atoms with Crippen LogP contribution in [0.25, 0.3) is 10.8 Å². The van der Waals surface area contributed by atoms with Crippen LogP contribution in [0.5, 0.6) is 0 Å². The molecule has 0 aliphatic rings. The van der Waals surface area contributed by atoms with Crippen LogP contribution in [0.1, 0.15) is 30.0 Å². The van der Waals surface area contributed by atoms with E-state index in [2.05, 4.69) is 30.9 Å². The van der Waals surface area contributed by atoms with Crippen molar-refractivity contribution in [3.05, 3.63) is 81.6 Å². The minimum Gasteiger partial charge on any atom is -0.204 e. The molecule has 0 spiro atoms. The number of halogens is 4. The Kier molecular flexibility index (Phi) is 5.01. The predicted molar refractivity (Wildman–Crippen MR) is 95.2 cm³/mol. The van der Waals surface area contributed by atoms with Gasteiger partial charge in [0.1, 0.15) is 0 Å². The summed E-state index contributed by atoms with van der Waals surface area (Å²) in [6, 6.07) is 11.5. The molecule has 3 aromatic carbocycles. The second-order valence-electron chi connectivity index (χ2n) is 5.77. The quantitative estimate of drug-likeness (QED) is 0.374. The zero-order chi connectivity index (χ0) is 18.0. The molecule has 0 unspecified atom stereocenters. The second-order valence-corrected chi connectivity index (χ2v) is 6.17. The summed E-state index contributed by atoms with van der Waals surface area (Å²) in [7, 11) is 0. The van der Waals surface area contributed by atoms with E-state index in [0.717, 1.165) is 35.7 Å². The summed E-state index contributed by atoms with van der Waals surface area (Å²) in [6.45, 7) is 2.12. The van der Waals surface area contributed by atoms with Gasteiger partial charge in [-0.3, -0.25) is 0 Å². The number of rotatable bonds is 2. The van der Waals surface area contributed by atoms with Crippen molar-refractivity contribution in [1.29, 1.82) is 0 Å². The molecule has 0 aromatic heterocycles. The number of fused-ring (bicyclic) bond motifs is 1. The molecule has 0 saturated heterocycles. The third-order valence-electron chi connectivity index (χ3n) is 3.85. The fraction of sp³-hybridized carbons (Fsp3) is 0.143. The molecule has 3 aromatic rings. The van der Waals surface area contributed by atoms with Gasteiger partial charge in [0.15, 0.2) is 17.5 Å². The summed E-state index contributed by atoms with van der Waals surface area (Å²) in [5.41, 5.74) is 1.83. The molecule has 25 heavy (non-hydrogen) atoms. The molecule has 126 valence electrons. The Labute approximate surface area is 149 Å². The monoisotopic (exact) mass is 358 g/mol. The molecular formula is C21H14ClF3. The standard InChI is InChI=1S/C21H14ClF3/c1-2-3-13-4-6-15-11-16(18(22)12-17(15)8-13)7-5-14-9-19(23)21(25)20(24)10-14/h4,6,8-12H,2-3H2,1H3. The number of aryl methyl sites for hydroxylation is 1. The molecule has 0 amide bonds. The Balaban J connectivity index is 2.00. The van der Waals surface area contributed by atoms with Gasteiger partial charge in [-0.2, -0.15) is 0 Å². The van der Waals surface area contributed by atoms with Crippen LogP contribution < -0.4 is 0 Å². The summed E-state index contributed by atoms with van der Waals surface area (Å²) in [5.74, 6) is 1.39. The average molecular weight is 359 g/mol. The van der Waals surface area contributed by atoms with Crippen LogP contribution in [-0.4, -0.2) is 0 Å². The van der Waals surface area contributed by atoms with Crippen LogP contribution in [0, 0.1) is 29.3 Å². The van der Waals surface area contributed by atoms with E-state index in [9.17, 15) is 13.2 Å². The average Bonchev–Trinajstić information content (AvgIpc) is 2.58. The lowest BCUT2D eigenvalue weighted by atomic mass is 10.0. The van der Waals surface area contributed by atoms with E-state index >= 15 is 0 Å². The van der Waals surface area contributed by atoms with Gasteiger partial charge in [0, 0.05) is 11.1 Å². The molecule has 0 saturated carbocycles. The Morgan fingerprint density at radius 3 is 2.28 bits per heavy atom. The predicted octanol–water partition coefficient (Wildman–Crippen LogP) is 6.26. The van der Waals surface area contributed by atoms with Crippen molar-refractivity contribution < 1.29 is 13.2 Å². The molecule has 0 bridgehead atoms. The first-order chi connectivity index (χ1) is 12.0. The number of benzene rings is 3. The van der Waals surface area contributed by atoms with Gasteiger partial charge in [-0.25, -0.2) is 13.2 Å². The molecule has 0 N–H and O–H groups in total.